The number of rotatable bonds is 4. The van der Waals surface area contributed by atoms with Gasteiger partial charge in [-0.15, -0.1) is 0 Å². The first-order valence-corrected chi connectivity index (χ1v) is 6.89. The molecule has 0 atom stereocenters. The Labute approximate surface area is 126 Å². The van der Waals surface area contributed by atoms with Crippen LogP contribution in [0.3, 0.4) is 0 Å². The maximum atomic E-state index is 8.92. The van der Waals surface area contributed by atoms with Crippen molar-refractivity contribution in [1.82, 2.24) is 0 Å². The van der Waals surface area contributed by atoms with Crippen molar-refractivity contribution in [2.45, 2.75) is 13.5 Å². The second kappa shape index (κ2) is 6.44. The Bertz CT molecular complexity index is 660. The van der Waals surface area contributed by atoms with Crippen molar-refractivity contribution in [2.24, 2.45) is 0 Å². The third-order valence-electron chi connectivity index (χ3n) is 2.94. The minimum absolute atomic E-state index is 0.387. The zero-order chi connectivity index (χ0) is 14.5. The van der Waals surface area contributed by atoms with Gasteiger partial charge in [0.2, 0.25) is 0 Å². The molecule has 0 heterocycles. The van der Waals surface area contributed by atoms with Crippen LogP contribution in [0.25, 0.3) is 0 Å². The second-order valence-corrected chi connectivity index (χ2v) is 5.25. The lowest BCUT2D eigenvalue weighted by Gasteiger charge is -2.12. The van der Waals surface area contributed by atoms with Gasteiger partial charge in [0.05, 0.1) is 18.7 Å². The quantitative estimate of drug-likeness (QED) is 0.842. The number of halogens is 1. The van der Waals surface area contributed by atoms with Crippen LogP contribution in [-0.4, -0.2) is 7.11 Å². The van der Waals surface area contributed by atoms with Gasteiger partial charge in [-0.05, 0) is 42.8 Å². The smallest absolute Gasteiger partial charge is 0.125 e. The molecular formula is C16H14BrNO2. The standard InChI is InChI=1S/C16H14BrNO2/c1-11-3-4-12(9-18)7-16(11)20-10-13-8-14(17)5-6-15(13)19-2/h3-8H,10H2,1-2H3. The second-order valence-electron chi connectivity index (χ2n) is 4.34. The molecule has 0 aliphatic carbocycles. The fourth-order valence-corrected chi connectivity index (χ4v) is 2.25. The van der Waals surface area contributed by atoms with Gasteiger partial charge in [-0.2, -0.15) is 5.26 Å². The number of ether oxygens (including phenoxy) is 2. The lowest BCUT2D eigenvalue weighted by atomic mass is 10.1. The number of hydrogen-bond acceptors (Lipinski definition) is 3. The summed E-state index contributed by atoms with van der Waals surface area (Å²) < 4.78 is 12.1. The van der Waals surface area contributed by atoms with Crippen LogP contribution >= 0.6 is 15.9 Å². The van der Waals surface area contributed by atoms with E-state index in [0.717, 1.165) is 21.3 Å². The van der Waals surface area contributed by atoms with Crippen molar-refractivity contribution in [1.29, 1.82) is 5.26 Å². The SMILES string of the molecule is COc1ccc(Br)cc1COc1cc(C#N)ccc1C. The largest absolute Gasteiger partial charge is 0.496 e. The topological polar surface area (TPSA) is 42.2 Å². The van der Waals surface area contributed by atoms with E-state index in [1.807, 2.05) is 31.2 Å². The van der Waals surface area contributed by atoms with Gasteiger partial charge in [-0.3, -0.25) is 0 Å². The first-order chi connectivity index (χ1) is 9.63. The fraction of sp³-hybridized carbons (Fsp3) is 0.188. The van der Waals surface area contributed by atoms with Gasteiger partial charge >= 0.3 is 0 Å². The van der Waals surface area contributed by atoms with Gasteiger partial charge in [0.15, 0.2) is 0 Å². The Balaban J connectivity index is 2.21. The summed E-state index contributed by atoms with van der Waals surface area (Å²) in [5, 5.41) is 8.92. The molecule has 0 bridgehead atoms. The third-order valence-corrected chi connectivity index (χ3v) is 3.44. The summed E-state index contributed by atoms with van der Waals surface area (Å²) in [6.45, 7) is 2.34. The van der Waals surface area contributed by atoms with Gasteiger partial charge in [0, 0.05) is 10.0 Å². The molecule has 2 rings (SSSR count). The molecule has 20 heavy (non-hydrogen) atoms. The summed E-state index contributed by atoms with van der Waals surface area (Å²) in [6, 6.07) is 13.3. The number of hydrogen-bond donors (Lipinski definition) is 0. The maximum absolute atomic E-state index is 8.92. The van der Waals surface area contributed by atoms with E-state index in [1.165, 1.54) is 0 Å². The van der Waals surface area contributed by atoms with Crippen LogP contribution in [0.4, 0.5) is 0 Å². The summed E-state index contributed by atoms with van der Waals surface area (Å²) in [6.07, 6.45) is 0. The highest BCUT2D eigenvalue weighted by Gasteiger charge is 2.07. The van der Waals surface area contributed by atoms with Crippen molar-refractivity contribution < 1.29 is 9.47 Å². The minimum Gasteiger partial charge on any atom is -0.496 e. The molecule has 0 N–H and O–H groups in total. The summed E-state index contributed by atoms with van der Waals surface area (Å²) in [5.41, 5.74) is 2.54. The number of nitrogens with zero attached hydrogens (tertiary/aromatic N) is 1. The summed E-state index contributed by atoms with van der Waals surface area (Å²) in [4.78, 5) is 0. The normalized spacial score (nSPS) is 9.90. The zero-order valence-electron chi connectivity index (χ0n) is 11.3. The molecule has 0 saturated heterocycles. The molecule has 102 valence electrons. The van der Waals surface area contributed by atoms with E-state index < -0.39 is 0 Å². The van der Waals surface area contributed by atoms with Crippen molar-refractivity contribution in [3.63, 3.8) is 0 Å². The lowest BCUT2D eigenvalue weighted by molar-refractivity contribution is 0.294. The van der Waals surface area contributed by atoms with Crippen LogP contribution in [-0.2, 0) is 6.61 Å². The van der Waals surface area contributed by atoms with E-state index in [0.29, 0.717) is 17.9 Å². The molecule has 0 aromatic heterocycles. The number of methoxy groups -OCH3 is 1. The highest BCUT2D eigenvalue weighted by atomic mass is 79.9. The monoisotopic (exact) mass is 331 g/mol. The molecule has 3 nitrogen and oxygen atoms in total. The van der Waals surface area contributed by atoms with Crippen LogP contribution in [0, 0.1) is 18.3 Å². The Hall–Kier alpha value is -1.99. The first-order valence-electron chi connectivity index (χ1n) is 6.10. The third kappa shape index (κ3) is 3.31. The molecule has 0 fully saturated rings. The van der Waals surface area contributed by atoms with Gasteiger partial charge < -0.3 is 9.47 Å². The molecule has 0 radical (unpaired) electrons. The molecule has 0 spiro atoms. The van der Waals surface area contributed by atoms with E-state index >= 15 is 0 Å². The van der Waals surface area contributed by atoms with E-state index in [-0.39, 0.29) is 0 Å². The fourth-order valence-electron chi connectivity index (χ4n) is 1.84. The molecule has 2 aromatic rings. The average Bonchev–Trinajstić information content (AvgIpc) is 2.46. The van der Waals surface area contributed by atoms with Gasteiger partial charge in [0.25, 0.3) is 0 Å². The van der Waals surface area contributed by atoms with Crippen molar-refractivity contribution >= 4 is 15.9 Å². The van der Waals surface area contributed by atoms with Gasteiger partial charge in [0.1, 0.15) is 18.1 Å². The molecule has 0 amide bonds. The minimum atomic E-state index is 0.387. The summed E-state index contributed by atoms with van der Waals surface area (Å²) in [7, 11) is 1.63. The molecule has 2 aromatic carbocycles. The Kier molecular flexibility index (Phi) is 4.65. The Morgan fingerprint density at radius 2 is 1.95 bits per heavy atom. The number of nitriles is 1. The predicted octanol–water partition coefficient (Wildman–Crippen LogP) is 4.22. The van der Waals surface area contributed by atoms with Crippen molar-refractivity contribution in [3.8, 4) is 17.6 Å². The van der Waals surface area contributed by atoms with E-state index in [1.54, 1.807) is 19.2 Å². The van der Waals surface area contributed by atoms with Crippen LogP contribution in [0.2, 0.25) is 0 Å². The van der Waals surface area contributed by atoms with Crippen LogP contribution in [0.5, 0.6) is 11.5 Å². The number of benzene rings is 2. The zero-order valence-corrected chi connectivity index (χ0v) is 12.9. The van der Waals surface area contributed by atoms with Crippen LogP contribution in [0.1, 0.15) is 16.7 Å². The van der Waals surface area contributed by atoms with Crippen molar-refractivity contribution in [3.05, 3.63) is 57.6 Å². The Morgan fingerprint density at radius 3 is 2.65 bits per heavy atom. The lowest BCUT2D eigenvalue weighted by Crippen LogP contribution is -2.00. The van der Waals surface area contributed by atoms with E-state index in [4.69, 9.17) is 14.7 Å². The van der Waals surface area contributed by atoms with Gasteiger partial charge in [-0.1, -0.05) is 22.0 Å². The molecule has 4 heteroatoms. The van der Waals surface area contributed by atoms with Crippen LogP contribution in [0.15, 0.2) is 40.9 Å². The molecular weight excluding hydrogens is 318 g/mol. The summed E-state index contributed by atoms with van der Waals surface area (Å²) in [5.74, 6) is 1.49. The molecule has 0 aliphatic rings. The molecule has 0 saturated carbocycles. The maximum Gasteiger partial charge on any atom is 0.125 e. The average molecular weight is 332 g/mol. The Morgan fingerprint density at radius 1 is 1.15 bits per heavy atom. The summed E-state index contributed by atoms with van der Waals surface area (Å²) >= 11 is 3.43. The van der Waals surface area contributed by atoms with E-state index in [2.05, 4.69) is 22.0 Å². The highest BCUT2D eigenvalue weighted by Crippen LogP contribution is 2.26. The highest BCUT2D eigenvalue weighted by molar-refractivity contribution is 9.10. The molecule has 0 unspecified atom stereocenters. The predicted molar refractivity (Wildman–Crippen MR) is 80.9 cm³/mol. The van der Waals surface area contributed by atoms with Crippen molar-refractivity contribution in [2.75, 3.05) is 7.11 Å². The van der Waals surface area contributed by atoms with Gasteiger partial charge in [-0.25, -0.2) is 0 Å². The van der Waals surface area contributed by atoms with E-state index in [9.17, 15) is 0 Å². The number of aryl methyl sites for hydroxylation is 1. The van der Waals surface area contributed by atoms with Crippen LogP contribution < -0.4 is 9.47 Å². The molecule has 0 aliphatic heterocycles. The first kappa shape index (κ1) is 14.4.